The summed E-state index contributed by atoms with van der Waals surface area (Å²) in [5, 5.41) is 0. The van der Waals surface area contributed by atoms with Crippen molar-refractivity contribution in [3.05, 3.63) is 36.0 Å². The molecule has 0 spiro atoms. The molecule has 0 saturated carbocycles. The second-order valence-corrected chi connectivity index (χ2v) is 3.22. The lowest BCUT2D eigenvalue weighted by atomic mass is 10.1. The van der Waals surface area contributed by atoms with Gasteiger partial charge in [0.2, 0.25) is 0 Å². The lowest BCUT2D eigenvalue weighted by molar-refractivity contribution is -0.124. The number of carbonyl (C=O) groups excluding carboxylic acids is 1. The summed E-state index contributed by atoms with van der Waals surface area (Å²) in [6, 6.07) is 0. The minimum Gasteiger partial charge on any atom is -0.345 e. The van der Waals surface area contributed by atoms with Gasteiger partial charge in [-0.2, -0.15) is 0 Å². The van der Waals surface area contributed by atoms with Crippen LogP contribution in [0.15, 0.2) is 36.0 Å². The first-order valence-electron chi connectivity index (χ1n) is 4.77. The molecule has 0 aliphatic carbocycles. The highest BCUT2D eigenvalue weighted by Crippen LogP contribution is 2.09. The van der Waals surface area contributed by atoms with Crippen LogP contribution in [-0.4, -0.2) is 24.9 Å². The summed E-state index contributed by atoms with van der Waals surface area (Å²) < 4.78 is 0. The van der Waals surface area contributed by atoms with E-state index in [4.69, 9.17) is 0 Å². The van der Waals surface area contributed by atoms with Crippen molar-refractivity contribution in [1.82, 2.24) is 4.90 Å². The van der Waals surface area contributed by atoms with Gasteiger partial charge in [0.15, 0.2) is 0 Å². The molecule has 2 heteroatoms. The van der Waals surface area contributed by atoms with Gasteiger partial charge in [-0.25, -0.2) is 0 Å². The van der Waals surface area contributed by atoms with Crippen molar-refractivity contribution in [3.63, 3.8) is 0 Å². The highest BCUT2D eigenvalue weighted by molar-refractivity contribution is 5.96. The molecule has 0 heterocycles. The van der Waals surface area contributed by atoms with E-state index in [1.807, 2.05) is 19.1 Å². The lowest BCUT2D eigenvalue weighted by Crippen LogP contribution is -2.22. The molecule has 14 heavy (non-hydrogen) atoms. The standard InChI is InChI=1S/C12H19NO/c1-6-10(7-2)9-11(8-3)12(14)13(4)5/h6,8-9H,3,7H2,1-2,4-5H3/b10-6-,11-9+. The SMILES string of the molecule is C=C/C(=C\C(=C/C)CC)C(=O)N(C)C. The third kappa shape index (κ3) is 3.60. The summed E-state index contributed by atoms with van der Waals surface area (Å²) in [7, 11) is 3.47. The van der Waals surface area contributed by atoms with E-state index >= 15 is 0 Å². The predicted octanol–water partition coefficient (Wildman–Crippen LogP) is 2.54. The molecule has 0 aliphatic rings. The minimum absolute atomic E-state index is 0.00667. The van der Waals surface area contributed by atoms with Crippen molar-refractivity contribution in [2.24, 2.45) is 0 Å². The fourth-order valence-corrected chi connectivity index (χ4v) is 1.06. The monoisotopic (exact) mass is 193 g/mol. The summed E-state index contributed by atoms with van der Waals surface area (Å²) in [6.07, 6.45) is 6.41. The quantitative estimate of drug-likeness (QED) is 0.496. The number of hydrogen-bond acceptors (Lipinski definition) is 1. The zero-order valence-corrected chi connectivity index (χ0v) is 9.50. The van der Waals surface area contributed by atoms with E-state index in [1.54, 1.807) is 25.1 Å². The maximum absolute atomic E-state index is 11.6. The Morgan fingerprint density at radius 1 is 1.43 bits per heavy atom. The molecule has 0 aromatic heterocycles. The molecule has 0 aromatic carbocycles. The third-order valence-corrected chi connectivity index (χ3v) is 1.99. The van der Waals surface area contributed by atoms with Gasteiger partial charge < -0.3 is 4.90 Å². The van der Waals surface area contributed by atoms with Gasteiger partial charge in [-0.15, -0.1) is 0 Å². The number of likely N-dealkylation sites (N-methyl/N-ethyl adjacent to an activating group) is 1. The van der Waals surface area contributed by atoms with Crippen molar-refractivity contribution in [2.45, 2.75) is 20.3 Å². The minimum atomic E-state index is -0.00667. The molecule has 0 rings (SSSR count). The number of amides is 1. The van der Waals surface area contributed by atoms with Crippen molar-refractivity contribution in [1.29, 1.82) is 0 Å². The van der Waals surface area contributed by atoms with Crippen LogP contribution in [0.1, 0.15) is 20.3 Å². The van der Waals surface area contributed by atoms with Crippen LogP contribution in [0.3, 0.4) is 0 Å². The van der Waals surface area contributed by atoms with Crippen molar-refractivity contribution in [2.75, 3.05) is 14.1 Å². The van der Waals surface area contributed by atoms with Crippen molar-refractivity contribution >= 4 is 5.91 Å². The van der Waals surface area contributed by atoms with Gasteiger partial charge in [0.25, 0.3) is 5.91 Å². The maximum Gasteiger partial charge on any atom is 0.253 e. The highest BCUT2D eigenvalue weighted by atomic mass is 16.2. The van der Waals surface area contributed by atoms with Crippen LogP contribution < -0.4 is 0 Å². The van der Waals surface area contributed by atoms with Crippen LogP contribution in [0, 0.1) is 0 Å². The normalized spacial score (nSPS) is 12.6. The van der Waals surface area contributed by atoms with E-state index < -0.39 is 0 Å². The van der Waals surface area contributed by atoms with E-state index in [1.165, 1.54) is 0 Å². The highest BCUT2D eigenvalue weighted by Gasteiger charge is 2.07. The number of rotatable bonds is 4. The summed E-state index contributed by atoms with van der Waals surface area (Å²) in [5.74, 6) is -0.00667. The molecule has 0 aliphatic heterocycles. The van der Waals surface area contributed by atoms with Gasteiger partial charge in [-0.3, -0.25) is 4.79 Å². The molecule has 78 valence electrons. The molecule has 0 N–H and O–H groups in total. The zero-order valence-electron chi connectivity index (χ0n) is 9.50. The van der Waals surface area contributed by atoms with Gasteiger partial charge in [0.05, 0.1) is 0 Å². The Kier molecular flexibility index (Phi) is 5.61. The van der Waals surface area contributed by atoms with E-state index in [0.29, 0.717) is 5.57 Å². The Labute approximate surface area is 86.6 Å². The Balaban J connectivity index is 4.89. The van der Waals surface area contributed by atoms with E-state index in [9.17, 15) is 4.79 Å². The molecule has 1 amide bonds. The van der Waals surface area contributed by atoms with E-state index in [-0.39, 0.29) is 5.91 Å². The van der Waals surface area contributed by atoms with E-state index in [2.05, 4.69) is 13.5 Å². The Morgan fingerprint density at radius 3 is 2.29 bits per heavy atom. The maximum atomic E-state index is 11.6. The second-order valence-electron chi connectivity index (χ2n) is 3.22. The summed E-state index contributed by atoms with van der Waals surface area (Å²) in [6.45, 7) is 7.67. The molecule has 0 unspecified atom stereocenters. The fraction of sp³-hybridized carbons (Fsp3) is 0.417. The average molecular weight is 193 g/mol. The van der Waals surface area contributed by atoms with Gasteiger partial charge >= 0.3 is 0 Å². The second kappa shape index (κ2) is 6.19. The molecule has 0 bridgehead atoms. The fourth-order valence-electron chi connectivity index (χ4n) is 1.06. The molecular formula is C12H19NO. The lowest BCUT2D eigenvalue weighted by Gasteiger charge is -2.11. The van der Waals surface area contributed by atoms with Crippen LogP contribution in [0.5, 0.6) is 0 Å². The first-order chi connectivity index (χ1) is 6.56. The van der Waals surface area contributed by atoms with Crippen LogP contribution in [0.4, 0.5) is 0 Å². The van der Waals surface area contributed by atoms with Gasteiger partial charge in [0, 0.05) is 19.7 Å². The van der Waals surface area contributed by atoms with Crippen molar-refractivity contribution in [3.8, 4) is 0 Å². The Morgan fingerprint density at radius 2 is 2.00 bits per heavy atom. The molecule has 0 aromatic rings. The summed E-state index contributed by atoms with van der Waals surface area (Å²) >= 11 is 0. The van der Waals surface area contributed by atoms with Gasteiger partial charge in [0.1, 0.15) is 0 Å². The van der Waals surface area contributed by atoms with Crippen LogP contribution in [0.2, 0.25) is 0 Å². The van der Waals surface area contributed by atoms with E-state index in [0.717, 1.165) is 12.0 Å². The molecule has 0 atom stereocenters. The Hall–Kier alpha value is -1.31. The molecule has 2 nitrogen and oxygen atoms in total. The average Bonchev–Trinajstić information content (AvgIpc) is 2.19. The first-order valence-corrected chi connectivity index (χ1v) is 4.77. The van der Waals surface area contributed by atoms with Crippen LogP contribution >= 0.6 is 0 Å². The number of carbonyl (C=O) groups is 1. The molecule has 0 saturated heterocycles. The van der Waals surface area contributed by atoms with Crippen molar-refractivity contribution < 1.29 is 4.79 Å². The third-order valence-electron chi connectivity index (χ3n) is 1.99. The molecule has 0 fully saturated rings. The number of hydrogen-bond donors (Lipinski definition) is 0. The van der Waals surface area contributed by atoms with Crippen LogP contribution in [0.25, 0.3) is 0 Å². The summed E-state index contributed by atoms with van der Waals surface area (Å²) in [5.41, 5.74) is 1.79. The summed E-state index contributed by atoms with van der Waals surface area (Å²) in [4.78, 5) is 13.2. The predicted molar refractivity (Wildman–Crippen MR) is 61.0 cm³/mol. The Bertz CT molecular complexity index is 272. The van der Waals surface area contributed by atoms with Gasteiger partial charge in [-0.1, -0.05) is 31.2 Å². The topological polar surface area (TPSA) is 20.3 Å². The largest absolute Gasteiger partial charge is 0.345 e. The molecular weight excluding hydrogens is 174 g/mol. The first kappa shape index (κ1) is 12.7. The zero-order chi connectivity index (χ0) is 11.1. The van der Waals surface area contributed by atoms with Crippen LogP contribution in [-0.2, 0) is 4.79 Å². The smallest absolute Gasteiger partial charge is 0.253 e. The van der Waals surface area contributed by atoms with Gasteiger partial charge in [-0.05, 0) is 19.4 Å². The molecule has 0 radical (unpaired) electrons. The number of allylic oxidation sites excluding steroid dienone is 3. The number of nitrogens with zero attached hydrogens (tertiary/aromatic N) is 1.